The third-order valence-electron chi connectivity index (χ3n) is 1.92. The lowest BCUT2D eigenvalue weighted by Crippen LogP contribution is -2.31. The molecule has 0 aliphatic heterocycles. The van der Waals surface area contributed by atoms with Gasteiger partial charge in [0.05, 0.1) is 12.5 Å². The first-order valence-electron chi connectivity index (χ1n) is 5.72. The van der Waals surface area contributed by atoms with E-state index in [0.717, 1.165) is 0 Å². The minimum absolute atomic E-state index is 0.136. The zero-order valence-corrected chi connectivity index (χ0v) is 10.5. The SMILES string of the molecule is CC(C)OC(=O)CCNC(=O)Nc1ccncc1. The van der Waals surface area contributed by atoms with Gasteiger partial charge in [-0.1, -0.05) is 0 Å². The molecule has 0 atom stereocenters. The smallest absolute Gasteiger partial charge is 0.319 e. The number of rotatable bonds is 5. The first kappa shape index (κ1) is 14.0. The van der Waals surface area contributed by atoms with Crippen molar-refractivity contribution in [3.8, 4) is 0 Å². The number of aromatic nitrogens is 1. The third kappa shape index (κ3) is 5.83. The lowest BCUT2D eigenvalue weighted by atomic mass is 10.4. The Kier molecular flexibility index (Phi) is 5.63. The second-order valence-corrected chi connectivity index (χ2v) is 3.91. The fraction of sp³-hybridized carbons (Fsp3) is 0.417. The number of nitrogens with one attached hydrogen (secondary N) is 2. The van der Waals surface area contributed by atoms with Gasteiger partial charge in [0, 0.05) is 24.6 Å². The topological polar surface area (TPSA) is 80.3 Å². The molecule has 2 amide bonds. The highest BCUT2D eigenvalue weighted by atomic mass is 16.5. The van der Waals surface area contributed by atoms with Crippen LogP contribution in [0.15, 0.2) is 24.5 Å². The highest BCUT2D eigenvalue weighted by Crippen LogP contribution is 2.02. The van der Waals surface area contributed by atoms with Gasteiger partial charge in [0.15, 0.2) is 0 Å². The molecule has 1 aromatic rings. The van der Waals surface area contributed by atoms with Crippen molar-refractivity contribution < 1.29 is 14.3 Å². The summed E-state index contributed by atoms with van der Waals surface area (Å²) in [5, 5.41) is 5.18. The molecule has 6 nitrogen and oxygen atoms in total. The Morgan fingerprint density at radius 3 is 2.61 bits per heavy atom. The number of anilines is 1. The Balaban J connectivity index is 2.20. The monoisotopic (exact) mass is 251 g/mol. The standard InChI is InChI=1S/C12H17N3O3/c1-9(2)18-11(16)5-8-14-12(17)15-10-3-6-13-7-4-10/h3-4,6-7,9H,5,8H2,1-2H3,(H2,13,14,15,17). The Bertz CT molecular complexity index is 393. The summed E-state index contributed by atoms with van der Waals surface area (Å²) in [5.74, 6) is -0.325. The summed E-state index contributed by atoms with van der Waals surface area (Å²) in [6.45, 7) is 3.80. The molecular weight excluding hydrogens is 234 g/mol. The molecule has 0 aliphatic carbocycles. The molecule has 0 spiro atoms. The van der Waals surface area contributed by atoms with Crippen LogP contribution in [0.4, 0.5) is 10.5 Å². The van der Waals surface area contributed by atoms with E-state index in [2.05, 4.69) is 15.6 Å². The van der Waals surface area contributed by atoms with Gasteiger partial charge in [-0.05, 0) is 26.0 Å². The first-order chi connectivity index (χ1) is 8.58. The van der Waals surface area contributed by atoms with Crippen molar-refractivity contribution in [3.63, 3.8) is 0 Å². The molecule has 98 valence electrons. The predicted molar refractivity (Wildman–Crippen MR) is 67.1 cm³/mol. The summed E-state index contributed by atoms with van der Waals surface area (Å²) in [5.41, 5.74) is 0.646. The second-order valence-electron chi connectivity index (χ2n) is 3.91. The van der Waals surface area contributed by atoms with Crippen molar-refractivity contribution in [2.75, 3.05) is 11.9 Å². The van der Waals surface area contributed by atoms with Crippen LogP contribution in [-0.4, -0.2) is 29.6 Å². The number of amides is 2. The second kappa shape index (κ2) is 7.26. The van der Waals surface area contributed by atoms with Gasteiger partial charge in [-0.2, -0.15) is 0 Å². The molecule has 1 heterocycles. The summed E-state index contributed by atoms with van der Waals surface area (Å²) in [4.78, 5) is 26.4. The maximum Gasteiger partial charge on any atom is 0.319 e. The Labute approximate surface area is 106 Å². The number of carbonyl (C=O) groups is 2. The lowest BCUT2D eigenvalue weighted by Gasteiger charge is -2.09. The minimum Gasteiger partial charge on any atom is -0.463 e. The van der Waals surface area contributed by atoms with E-state index >= 15 is 0 Å². The van der Waals surface area contributed by atoms with Gasteiger partial charge in [0.2, 0.25) is 0 Å². The number of pyridine rings is 1. The molecule has 0 aliphatic rings. The van der Waals surface area contributed by atoms with Crippen LogP contribution in [0.1, 0.15) is 20.3 Å². The average Bonchev–Trinajstić information content (AvgIpc) is 2.29. The van der Waals surface area contributed by atoms with E-state index in [4.69, 9.17) is 4.74 Å². The van der Waals surface area contributed by atoms with Crippen LogP contribution in [0.5, 0.6) is 0 Å². The van der Waals surface area contributed by atoms with E-state index in [1.807, 2.05) is 0 Å². The molecule has 1 rings (SSSR count). The van der Waals surface area contributed by atoms with E-state index in [1.165, 1.54) is 0 Å². The largest absolute Gasteiger partial charge is 0.463 e. The fourth-order valence-electron chi connectivity index (χ4n) is 1.21. The van der Waals surface area contributed by atoms with E-state index in [9.17, 15) is 9.59 Å². The van der Waals surface area contributed by atoms with Crippen LogP contribution >= 0.6 is 0 Å². The van der Waals surface area contributed by atoms with Gasteiger partial charge in [0.25, 0.3) is 0 Å². The summed E-state index contributed by atoms with van der Waals surface area (Å²) in [6, 6.07) is 2.98. The molecule has 1 aromatic heterocycles. The summed E-state index contributed by atoms with van der Waals surface area (Å²) in [7, 11) is 0. The van der Waals surface area contributed by atoms with Crippen LogP contribution in [-0.2, 0) is 9.53 Å². The van der Waals surface area contributed by atoms with Crippen LogP contribution in [0.25, 0.3) is 0 Å². The molecule has 6 heteroatoms. The molecule has 0 unspecified atom stereocenters. The first-order valence-corrected chi connectivity index (χ1v) is 5.72. The summed E-state index contributed by atoms with van der Waals surface area (Å²) < 4.78 is 4.93. The van der Waals surface area contributed by atoms with Crippen molar-refractivity contribution >= 4 is 17.7 Å². The van der Waals surface area contributed by atoms with E-state index in [-0.39, 0.29) is 31.1 Å². The highest BCUT2D eigenvalue weighted by molar-refractivity contribution is 5.89. The number of urea groups is 1. The average molecular weight is 251 g/mol. The number of hydrogen-bond donors (Lipinski definition) is 2. The maximum atomic E-state index is 11.4. The molecule has 0 fully saturated rings. The van der Waals surface area contributed by atoms with Crippen molar-refractivity contribution in [2.45, 2.75) is 26.4 Å². The fourth-order valence-corrected chi connectivity index (χ4v) is 1.21. The third-order valence-corrected chi connectivity index (χ3v) is 1.92. The van der Waals surface area contributed by atoms with Crippen LogP contribution in [0.2, 0.25) is 0 Å². The highest BCUT2D eigenvalue weighted by Gasteiger charge is 2.06. The van der Waals surface area contributed by atoms with Gasteiger partial charge in [0.1, 0.15) is 0 Å². The van der Waals surface area contributed by atoms with E-state index < -0.39 is 0 Å². The molecule has 0 bridgehead atoms. The maximum absolute atomic E-state index is 11.4. The zero-order chi connectivity index (χ0) is 13.4. The van der Waals surface area contributed by atoms with Gasteiger partial charge >= 0.3 is 12.0 Å². The molecule has 0 aromatic carbocycles. The number of carbonyl (C=O) groups excluding carboxylic acids is 2. The number of ether oxygens (including phenoxy) is 1. The van der Waals surface area contributed by atoms with E-state index in [0.29, 0.717) is 5.69 Å². The molecule has 0 saturated heterocycles. The molecule has 0 radical (unpaired) electrons. The predicted octanol–water partition coefficient (Wildman–Crippen LogP) is 1.54. The minimum atomic E-state index is -0.362. The van der Waals surface area contributed by atoms with Gasteiger partial charge < -0.3 is 15.4 Å². The summed E-state index contributed by atoms with van der Waals surface area (Å²) in [6.07, 6.45) is 3.18. The van der Waals surface area contributed by atoms with E-state index in [1.54, 1.807) is 38.4 Å². The zero-order valence-electron chi connectivity index (χ0n) is 10.5. The van der Waals surface area contributed by atoms with Crippen LogP contribution in [0.3, 0.4) is 0 Å². The number of hydrogen-bond acceptors (Lipinski definition) is 4. The molecule has 0 saturated carbocycles. The quantitative estimate of drug-likeness (QED) is 0.778. The summed E-state index contributed by atoms with van der Waals surface area (Å²) >= 11 is 0. The molecule has 2 N–H and O–H groups in total. The normalized spacial score (nSPS) is 9.94. The van der Waals surface area contributed by atoms with Gasteiger partial charge in [-0.3, -0.25) is 9.78 Å². The van der Waals surface area contributed by atoms with Gasteiger partial charge in [-0.15, -0.1) is 0 Å². The van der Waals surface area contributed by atoms with Crippen molar-refractivity contribution in [1.29, 1.82) is 0 Å². The van der Waals surface area contributed by atoms with Crippen molar-refractivity contribution in [1.82, 2.24) is 10.3 Å². The Morgan fingerprint density at radius 1 is 1.33 bits per heavy atom. The Morgan fingerprint density at radius 2 is 2.00 bits per heavy atom. The lowest BCUT2D eigenvalue weighted by molar-refractivity contribution is -0.147. The van der Waals surface area contributed by atoms with Crippen LogP contribution in [0, 0.1) is 0 Å². The van der Waals surface area contributed by atoms with Crippen molar-refractivity contribution in [3.05, 3.63) is 24.5 Å². The van der Waals surface area contributed by atoms with Crippen molar-refractivity contribution in [2.24, 2.45) is 0 Å². The van der Waals surface area contributed by atoms with Crippen LogP contribution < -0.4 is 10.6 Å². The molecule has 18 heavy (non-hydrogen) atoms. The number of nitrogens with zero attached hydrogens (tertiary/aromatic N) is 1. The molecular formula is C12H17N3O3. The van der Waals surface area contributed by atoms with Gasteiger partial charge in [-0.25, -0.2) is 4.79 Å². The number of esters is 1. The Hall–Kier alpha value is -2.11.